The van der Waals surface area contributed by atoms with Crippen molar-refractivity contribution in [2.24, 2.45) is 0 Å². The monoisotopic (exact) mass is 219 g/mol. The minimum atomic E-state index is -0.430. The molecule has 1 N–H and O–H groups in total. The van der Waals surface area contributed by atoms with Crippen molar-refractivity contribution in [1.82, 2.24) is 0 Å². The normalized spacial score (nSPS) is 9.56. The van der Waals surface area contributed by atoms with Crippen LogP contribution in [0.1, 0.15) is 23.6 Å². The van der Waals surface area contributed by atoms with E-state index in [-0.39, 0.29) is 12.2 Å². The van der Waals surface area contributed by atoms with Gasteiger partial charge in [-0.15, -0.1) is 0 Å². The van der Waals surface area contributed by atoms with Gasteiger partial charge in [0.1, 0.15) is 5.75 Å². The lowest BCUT2D eigenvalue weighted by Crippen LogP contribution is -2.06. The van der Waals surface area contributed by atoms with Crippen molar-refractivity contribution in [2.45, 2.75) is 19.8 Å². The largest absolute Gasteiger partial charge is 0.508 e. The predicted molar refractivity (Wildman–Crippen MR) is 57.9 cm³/mol. The molecule has 0 unspecified atom stereocenters. The number of benzene rings is 1. The Labute approximate surface area is 94.1 Å². The van der Waals surface area contributed by atoms with E-state index in [4.69, 9.17) is 5.26 Å². The van der Waals surface area contributed by atoms with E-state index in [2.05, 4.69) is 4.74 Å². The van der Waals surface area contributed by atoms with Crippen LogP contribution in [0.2, 0.25) is 0 Å². The van der Waals surface area contributed by atoms with Crippen molar-refractivity contribution < 1.29 is 14.6 Å². The molecule has 1 aromatic rings. The SMILES string of the molecule is CCc1cc(C#N)c(CC(=O)OC)cc1O. The Balaban J connectivity index is 3.14. The molecule has 0 radical (unpaired) electrons. The first-order valence-corrected chi connectivity index (χ1v) is 4.94. The number of nitriles is 1. The number of carbonyl (C=O) groups excluding carboxylic acids is 1. The highest BCUT2D eigenvalue weighted by Gasteiger charge is 2.11. The number of phenols is 1. The fourth-order valence-electron chi connectivity index (χ4n) is 1.44. The summed E-state index contributed by atoms with van der Waals surface area (Å²) in [5, 5.41) is 18.6. The Kier molecular flexibility index (Phi) is 3.90. The van der Waals surface area contributed by atoms with Crippen LogP contribution in [0.15, 0.2) is 12.1 Å². The maximum atomic E-state index is 11.1. The molecule has 0 spiro atoms. The molecule has 0 saturated heterocycles. The Hall–Kier alpha value is -2.02. The van der Waals surface area contributed by atoms with Crippen molar-refractivity contribution >= 4 is 5.97 Å². The summed E-state index contributed by atoms with van der Waals surface area (Å²) >= 11 is 0. The van der Waals surface area contributed by atoms with Crippen molar-refractivity contribution in [2.75, 3.05) is 7.11 Å². The molecule has 0 heterocycles. The van der Waals surface area contributed by atoms with Crippen molar-refractivity contribution in [1.29, 1.82) is 5.26 Å². The Morgan fingerprint density at radius 2 is 2.19 bits per heavy atom. The molecule has 0 aliphatic rings. The molecule has 0 aromatic heterocycles. The molecule has 4 heteroatoms. The Morgan fingerprint density at radius 3 is 2.69 bits per heavy atom. The van der Waals surface area contributed by atoms with Gasteiger partial charge in [-0.2, -0.15) is 5.26 Å². The lowest BCUT2D eigenvalue weighted by Gasteiger charge is -2.07. The first kappa shape index (κ1) is 12.1. The quantitative estimate of drug-likeness (QED) is 0.783. The maximum absolute atomic E-state index is 11.1. The van der Waals surface area contributed by atoms with Crippen molar-refractivity contribution in [3.05, 3.63) is 28.8 Å². The fourth-order valence-corrected chi connectivity index (χ4v) is 1.44. The maximum Gasteiger partial charge on any atom is 0.310 e. The molecule has 0 saturated carbocycles. The molecule has 1 aromatic carbocycles. The highest BCUT2D eigenvalue weighted by molar-refractivity contribution is 5.73. The van der Waals surface area contributed by atoms with Gasteiger partial charge in [-0.3, -0.25) is 4.79 Å². The average molecular weight is 219 g/mol. The fraction of sp³-hybridized carbons (Fsp3) is 0.333. The number of rotatable bonds is 3. The number of ether oxygens (including phenoxy) is 1. The number of hydrogen-bond donors (Lipinski definition) is 1. The number of methoxy groups -OCH3 is 1. The van der Waals surface area contributed by atoms with Gasteiger partial charge in [0.2, 0.25) is 0 Å². The van der Waals surface area contributed by atoms with Crippen LogP contribution in [0.3, 0.4) is 0 Å². The molecule has 4 nitrogen and oxygen atoms in total. The summed E-state index contributed by atoms with van der Waals surface area (Å²) in [7, 11) is 1.29. The number of aromatic hydroxyl groups is 1. The zero-order chi connectivity index (χ0) is 12.1. The molecule has 0 amide bonds. The summed E-state index contributed by atoms with van der Waals surface area (Å²) < 4.78 is 4.52. The Bertz CT molecular complexity index is 446. The van der Waals surface area contributed by atoms with Gasteiger partial charge < -0.3 is 9.84 Å². The highest BCUT2D eigenvalue weighted by atomic mass is 16.5. The van der Waals surface area contributed by atoms with E-state index in [1.165, 1.54) is 13.2 Å². The van der Waals surface area contributed by atoms with Crippen molar-refractivity contribution in [3.63, 3.8) is 0 Å². The van der Waals surface area contributed by atoms with Crippen LogP contribution in [0.5, 0.6) is 5.75 Å². The van der Waals surface area contributed by atoms with Gasteiger partial charge in [0.05, 0.1) is 25.2 Å². The van der Waals surface area contributed by atoms with Gasteiger partial charge in [0.25, 0.3) is 0 Å². The third kappa shape index (κ3) is 2.51. The smallest absolute Gasteiger partial charge is 0.310 e. The average Bonchev–Trinajstić information content (AvgIpc) is 2.29. The number of carbonyl (C=O) groups is 1. The zero-order valence-electron chi connectivity index (χ0n) is 9.28. The van der Waals surface area contributed by atoms with E-state index in [1.807, 2.05) is 13.0 Å². The first-order valence-electron chi connectivity index (χ1n) is 4.94. The number of esters is 1. The van der Waals surface area contributed by atoms with Gasteiger partial charge >= 0.3 is 5.97 Å². The molecule has 0 bridgehead atoms. The molecule has 1 rings (SSSR count). The van der Waals surface area contributed by atoms with Gasteiger partial charge in [0, 0.05) is 0 Å². The van der Waals surface area contributed by atoms with Gasteiger partial charge in [-0.25, -0.2) is 0 Å². The van der Waals surface area contributed by atoms with Gasteiger partial charge in [-0.1, -0.05) is 6.92 Å². The molecule has 16 heavy (non-hydrogen) atoms. The molecule has 0 aliphatic heterocycles. The zero-order valence-corrected chi connectivity index (χ0v) is 9.28. The van der Waals surface area contributed by atoms with Crippen LogP contribution >= 0.6 is 0 Å². The van der Waals surface area contributed by atoms with E-state index in [9.17, 15) is 9.90 Å². The third-order valence-corrected chi connectivity index (χ3v) is 2.37. The van der Waals surface area contributed by atoms with Crippen LogP contribution in [0.25, 0.3) is 0 Å². The molecule has 0 fully saturated rings. The van der Waals surface area contributed by atoms with Crippen molar-refractivity contribution in [3.8, 4) is 11.8 Å². The second kappa shape index (κ2) is 5.17. The van der Waals surface area contributed by atoms with Gasteiger partial charge in [0.15, 0.2) is 0 Å². The molecule has 84 valence electrons. The standard InChI is InChI=1S/C12H13NO3/c1-3-8-4-10(7-13)9(5-11(8)14)6-12(15)16-2/h4-5,14H,3,6H2,1-2H3. The van der Waals surface area contributed by atoms with Crippen LogP contribution in [0.4, 0.5) is 0 Å². The second-order valence-electron chi connectivity index (χ2n) is 3.36. The number of nitrogens with zero attached hydrogens (tertiary/aromatic N) is 1. The van der Waals surface area contributed by atoms with Crippen LogP contribution in [0, 0.1) is 11.3 Å². The topological polar surface area (TPSA) is 70.3 Å². The number of hydrogen-bond acceptors (Lipinski definition) is 4. The molecule has 0 aliphatic carbocycles. The van der Waals surface area contributed by atoms with Crippen LogP contribution < -0.4 is 0 Å². The summed E-state index contributed by atoms with van der Waals surface area (Å²) in [6, 6.07) is 5.07. The van der Waals surface area contributed by atoms with E-state index in [0.29, 0.717) is 23.1 Å². The van der Waals surface area contributed by atoms with Crippen LogP contribution in [-0.2, 0) is 22.4 Å². The van der Waals surface area contributed by atoms with E-state index >= 15 is 0 Å². The Morgan fingerprint density at radius 1 is 1.50 bits per heavy atom. The van der Waals surface area contributed by atoms with E-state index in [0.717, 1.165) is 0 Å². The summed E-state index contributed by atoms with van der Waals surface area (Å²) in [5.41, 5.74) is 1.59. The molecular formula is C12H13NO3. The summed E-state index contributed by atoms with van der Waals surface area (Å²) in [6.45, 7) is 1.89. The lowest BCUT2D eigenvalue weighted by molar-refractivity contribution is -0.139. The number of phenolic OH excluding ortho intramolecular Hbond substituents is 1. The van der Waals surface area contributed by atoms with E-state index < -0.39 is 5.97 Å². The highest BCUT2D eigenvalue weighted by Crippen LogP contribution is 2.23. The minimum Gasteiger partial charge on any atom is -0.508 e. The first-order chi connectivity index (χ1) is 7.62. The minimum absolute atomic E-state index is 0.00303. The summed E-state index contributed by atoms with van der Waals surface area (Å²) in [6.07, 6.45) is 0.635. The van der Waals surface area contributed by atoms with Crippen LogP contribution in [-0.4, -0.2) is 18.2 Å². The molecule has 0 atom stereocenters. The van der Waals surface area contributed by atoms with Gasteiger partial charge in [-0.05, 0) is 29.7 Å². The predicted octanol–water partition coefficient (Wildman–Crippen LogP) is 1.54. The summed E-state index contributed by atoms with van der Waals surface area (Å²) in [4.78, 5) is 11.1. The van der Waals surface area contributed by atoms with E-state index in [1.54, 1.807) is 6.07 Å². The second-order valence-corrected chi connectivity index (χ2v) is 3.36. The number of aryl methyl sites for hydroxylation is 1. The lowest BCUT2D eigenvalue weighted by atomic mass is 10.00. The molecular weight excluding hydrogens is 206 g/mol. The third-order valence-electron chi connectivity index (χ3n) is 2.37. The summed E-state index contributed by atoms with van der Waals surface area (Å²) in [5.74, 6) is -0.319.